The molecule has 0 aliphatic heterocycles. The summed E-state index contributed by atoms with van der Waals surface area (Å²) >= 11 is 0. The summed E-state index contributed by atoms with van der Waals surface area (Å²) in [7, 11) is -4.17. The SMILES string of the molecule is O=C(O)CN(O)c1ccccc1.O=S(=O)(O)c1ccc2cc(O)ccc2c1. The standard InChI is InChI=1S/C10H8O4S.C8H9NO3/c11-9-3-1-8-6-10(15(12,13)14)4-2-7(8)5-9;10-8(11)6-9(12)7-4-2-1-3-5-7/h1-6,11H,(H,12,13,14);1-5,12H,6H2,(H,10,11). The Balaban J connectivity index is 0.000000199. The molecule has 3 aromatic rings. The Kier molecular flexibility index (Phi) is 6.35. The molecule has 0 fully saturated rings. The maximum absolute atomic E-state index is 10.8. The lowest BCUT2D eigenvalue weighted by Gasteiger charge is -2.13. The minimum atomic E-state index is -4.17. The van der Waals surface area contributed by atoms with Crippen LogP contribution in [0.2, 0.25) is 0 Å². The quantitative estimate of drug-likeness (QED) is 0.394. The van der Waals surface area contributed by atoms with Gasteiger partial charge in [-0.15, -0.1) is 0 Å². The largest absolute Gasteiger partial charge is 0.508 e. The van der Waals surface area contributed by atoms with Crippen molar-refractivity contribution in [2.45, 2.75) is 4.90 Å². The molecule has 0 atom stereocenters. The fourth-order valence-corrected chi connectivity index (χ4v) is 2.71. The van der Waals surface area contributed by atoms with Gasteiger partial charge in [-0.3, -0.25) is 14.6 Å². The molecule has 0 spiro atoms. The van der Waals surface area contributed by atoms with Crippen molar-refractivity contribution in [3.05, 3.63) is 66.7 Å². The first-order valence-electron chi connectivity index (χ1n) is 7.60. The monoisotopic (exact) mass is 391 g/mol. The molecule has 0 heterocycles. The number of carboxylic acid groups (broad SMARTS) is 1. The molecule has 0 saturated heterocycles. The number of anilines is 1. The molecule has 0 bridgehead atoms. The van der Waals surface area contributed by atoms with E-state index in [-0.39, 0.29) is 10.6 Å². The van der Waals surface area contributed by atoms with Gasteiger partial charge in [-0.2, -0.15) is 8.42 Å². The number of aromatic hydroxyl groups is 1. The number of fused-ring (bicyclic) bond motifs is 1. The molecule has 0 aromatic heterocycles. The normalized spacial score (nSPS) is 10.7. The van der Waals surface area contributed by atoms with Crippen LogP contribution in [0, 0.1) is 0 Å². The minimum Gasteiger partial charge on any atom is -0.508 e. The Morgan fingerprint density at radius 1 is 0.926 bits per heavy atom. The highest BCUT2D eigenvalue weighted by Crippen LogP contribution is 2.22. The number of nitrogens with zero attached hydrogens (tertiary/aromatic N) is 1. The number of phenols is 1. The predicted octanol–water partition coefficient (Wildman–Crippen LogP) is 2.76. The third-order valence-electron chi connectivity index (χ3n) is 3.43. The van der Waals surface area contributed by atoms with Crippen LogP contribution in [0.1, 0.15) is 0 Å². The third kappa shape index (κ3) is 5.96. The molecule has 27 heavy (non-hydrogen) atoms. The highest BCUT2D eigenvalue weighted by Gasteiger charge is 2.09. The molecule has 0 saturated carbocycles. The van der Waals surface area contributed by atoms with Crippen LogP contribution in [0.25, 0.3) is 10.8 Å². The number of aliphatic carboxylic acids is 1. The Morgan fingerprint density at radius 2 is 1.52 bits per heavy atom. The number of benzene rings is 3. The molecule has 142 valence electrons. The lowest BCUT2D eigenvalue weighted by molar-refractivity contribution is -0.136. The first-order chi connectivity index (χ1) is 12.7. The number of carbonyl (C=O) groups is 1. The van der Waals surface area contributed by atoms with E-state index in [1.54, 1.807) is 36.4 Å². The van der Waals surface area contributed by atoms with Crippen molar-refractivity contribution in [3.8, 4) is 5.75 Å². The molecule has 8 nitrogen and oxygen atoms in total. The number of hydroxylamine groups is 1. The number of hydrogen-bond acceptors (Lipinski definition) is 6. The lowest BCUT2D eigenvalue weighted by Crippen LogP contribution is -2.25. The molecular weight excluding hydrogens is 374 g/mol. The Morgan fingerprint density at radius 3 is 2.11 bits per heavy atom. The number of phenolic OH excluding ortho intramolecular Hbond substituents is 1. The number of para-hydroxylation sites is 1. The van der Waals surface area contributed by atoms with Crippen LogP contribution >= 0.6 is 0 Å². The summed E-state index contributed by atoms with van der Waals surface area (Å²) in [5.74, 6) is -0.955. The van der Waals surface area contributed by atoms with Gasteiger partial charge in [-0.25, -0.2) is 5.06 Å². The van der Waals surface area contributed by atoms with Crippen molar-refractivity contribution in [2.75, 3.05) is 11.6 Å². The van der Waals surface area contributed by atoms with Gasteiger partial charge in [0.1, 0.15) is 12.3 Å². The van der Waals surface area contributed by atoms with Gasteiger partial charge in [0.25, 0.3) is 10.1 Å². The molecule has 0 unspecified atom stereocenters. The molecule has 0 amide bonds. The van der Waals surface area contributed by atoms with E-state index in [1.807, 2.05) is 0 Å². The zero-order chi connectivity index (χ0) is 20.0. The van der Waals surface area contributed by atoms with Crippen LogP contribution in [0.3, 0.4) is 0 Å². The van der Waals surface area contributed by atoms with Crippen LogP contribution < -0.4 is 5.06 Å². The minimum absolute atomic E-state index is 0.113. The van der Waals surface area contributed by atoms with E-state index in [2.05, 4.69) is 0 Å². The Hall–Kier alpha value is -3.14. The molecular formula is C18H17NO7S. The van der Waals surface area contributed by atoms with Crippen LogP contribution in [0.15, 0.2) is 71.6 Å². The topological polar surface area (TPSA) is 135 Å². The summed E-state index contributed by atoms with van der Waals surface area (Å²) < 4.78 is 30.5. The lowest BCUT2D eigenvalue weighted by atomic mass is 10.1. The fraction of sp³-hybridized carbons (Fsp3) is 0.0556. The average Bonchev–Trinajstić information content (AvgIpc) is 2.61. The number of rotatable bonds is 4. The van der Waals surface area contributed by atoms with Gasteiger partial charge in [-0.05, 0) is 47.2 Å². The molecule has 3 aromatic carbocycles. The average molecular weight is 391 g/mol. The van der Waals surface area contributed by atoms with Crippen LogP contribution in [0.4, 0.5) is 5.69 Å². The maximum Gasteiger partial charge on any atom is 0.325 e. The molecule has 0 aliphatic rings. The van der Waals surface area contributed by atoms with Gasteiger partial charge < -0.3 is 10.2 Å². The van der Waals surface area contributed by atoms with E-state index in [0.29, 0.717) is 21.5 Å². The molecule has 0 aliphatic carbocycles. The van der Waals surface area contributed by atoms with Crippen molar-refractivity contribution >= 4 is 32.5 Å². The van der Waals surface area contributed by atoms with Crippen molar-refractivity contribution in [1.29, 1.82) is 0 Å². The third-order valence-corrected chi connectivity index (χ3v) is 4.28. The van der Waals surface area contributed by atoms with Crippen molar-refractivity contribution < 1.29 is 33.2 Å². The number of hydrogen-bond donors (Lipinski definition) is 4. The van der Waals surface area contributed by atoms with Gasteiger partial charge in [0.15, 0.2) is 0 Å². The molecule has 9 heteroatoms. The van der Waals surface area contributed by atoms with E-state index >= 15 is 0 Å². The van der Waals surface area contributed by atoms with Gasteiger partial charge in [-0.1, -0.05) is 30.3 Å². The Labute approximate surface area is 155 Å². The highest BCUT2D eigenvalue weighted by atomic mass is 32.2. The summed E-state index contributed by atoms with van der Waals surface area (Å²) in [6.07, 6.45) is 0. The van der Waals surface area contributed by atoms with E-state index in [1.165, 1.54) is 30.3 Å². The van der Waals surface area contributed by atoms with Crippen molar-refractivity contribution in [1.82, 2.24) is 0 Å². The summed E-state index contributed by atoms with van der Waals surface area (Å²) in [6.45, 7) is -0.413. The summed E-state index contributed by atoms with van der Waals surface area (Å²) in [5, 5.41) is 28.7. The van der Waals surface area contributed by atoms with Crippen LogP contribution in [-0.2, 0) is 14.9 Å². The summed E-state index contributed by atoms with van der Waals surface area (Å²) in [5.41, 5.74) is 0.472. The van der Waals surface area contributed by atoms with E-state index in [9.17, 15) is 18.3 Å². The molecule has 4 N–H and O–H groups in total. The zero-order valence-corrected chi connectivity index (χ0v) is 14.7. The fourth-order valence-electron chi connectivity index (χ4n) is 2.19. The van der Waals surface area contributed by atoms with Gasteiger partial charge >= 0.3 is 5.97 Å². The van der Waals surface area contributed by atoms with Crippen LogP contribution in [0.5, 0.6) is 5.75 Å². The second kappa shape index (κ2) is 8.49. The molecule has 3 rings (SSSR count). The summed E-state index contributed by atoms with van der Waals surface area (Å²) in [6, 6.07) is 17.2. The van der Waals surface area contributed by atoms with Gasteiger partial charge in [0, 0.05) is 0 Å². The first-order valence-corrected chi connectivity index (χ1v) is 9.04. The zero-order valence-electron chi connectivity index (χ0n) is 13.9. The Bertz CT molecular complexity index is 1040. The first kappa shape index (κ1) is 20.2. The maximum atomic E-state index is 10.8. The second-order valence-corrected chi connectivity index (χ2v) is 6.88. The van der Waals surface area contributed by atoms with Crippen molar-refractivity contribution in [3.63, 3.8) is 0 Å². The van der Waals surface area contributed by atoms with E-state index in [4.69, 9.17) is 14.9 Å². The number of carboxylic acids is 1. The smallest absolute Gasteiger partial charge is 0.325 e. The predicted molar refractivity (Wildman–Crippen MR) is 98.6 cm³/mol. The van der Waals surface area contributed by atoms with Gasteiger partial charge in [0.2, 0.25) is 0 Å². The second-order valence-electron chi connectivity index (χ2n) is 5.46. The molecule has 0 radical (unpaired) electrons. The van der Waals surface area contributed by atoms with Crippen molar-refractivity contribution in [2.24, 2.45) is 0 Å². The van der Waals surface area contributed by atoms with Crippen LogP contribution in [-0.4, -0.2) is 40.9 Å². The highest BCUT2D eigenvalue weighted by molar-refractivity contribution is 7.85. The van der Waals surface area contributed by atoms with E-state index < -0.39 is 22.6 Å². The van der Waals surface area contributed by atoms with E-state index in [0.717, 1.165) is 0 Å². The summed E-state index contributed by atoms with van der Waals surface area (Å²) in [4.78, 5) is 10.0. The van der Waals surface area contributed by atoms with Gasteiger partial charge in [0.05, 0.1) is 10.6 Å².